The van der Waals surface area contributed by atoms with E-state index in [0.29, 0.717) is 12.3 Å². The largest absolute Gasteiger partial charge is 0.480 e. The summed E-state index contributed by atoms with van der Waals surface area (Å²) in [4.78, 5) is 25.5. The molecule has 0 bridgehead atoms. The van der Waals surface area contributed by atoms with Gasteiger partial charge in [-0.15, -0.1) is 5.10 Å². The molecule has 1 aliphatic heterocycles. The van der Waals surface area contributed by atoms with Gasteiger partial charge in [0.05, 0.1) is 6.20 Å². The summed E-state index contributed by atoms with van der Waals surface area (Å²) in [7, 11) is 0. The number of aliphatic carboxylic acids is 1. The third-order valence-corrected chi connectivity index (χ3v) is 4.43. The van der Waals surface area contributed by atoms with Gasteiger partial charge in [-0.1, -0.05) is 18.1 Å². The van der Waals surface area contributed by atoms with Crippen molar-refractivity contribution in [2.24, 2.45) is 5.92 Å². The number of fused-ring (bicyclic) bond motifs is 1. The molecule has 1 amide bonds. The van der Waals surface area contributed by atoms with E-state index in [1.807, 2.05) is 0 Å². The Morgan fingerprint density at radius 3 is 2.80 bits per heavy atom. The lowest BCUT2D eigenvalue weighted by Crippen LogP contribution is -2.47. The number of carbonyl (C=O) groups is 2. The fourth-order valence-corrected chi connectivity index (χ4v) is 3.58. The van der Waals surface area contributed by atoms with Crippen molar-refractivity contribution in [2.45, 2.75) is 50.7 Å². The van der Waals surface area contributed by atoms with E-state index >= 15 is 0 Å². The van der Waals surface area contributed by atoms with Gasteiger partial charge in [0.1, 0.15) is 12.6 Å². The van der Waals surface area contributed by atoms with E-state index in [0.717, 1.165) is 25.7 Å². The van der Waals surface area contributed by atoms with Crippen molar-refractivity contribution in [1.29, 1.82) is 0 Å². The van der Waals surface area contributed by atoms with Crippen LogP contribution in [0.3, 0.4) is 0 Å². The second kappa shape index (κ2) is 5.22. The van der Waals surface area contributed by atoms with Gasteiger partial charge >= 0.3 is 5.97 Å². The molecule has 1 saturated heterocycles. The molecule has 0 aromatic carbocycles. The summed E-state index contributed by atoms with van der Waals surface area (Å²) in [5, 5.41) is 16.8. The Labute approximate surface area is 116 Å². The third kappa shape index (κ3) is 2.28. The number of likely N-dealkylation sites (tertiary alicyclic amines) is 1. The third-order valence-electron chi connectivity index (χ3n) is 4.43. The van der Waals surface area contributed by atoms with Gasteiger partial charge in [0.15, 0.2) is 0 Å². The van der Waals surface area contributed by atoms with Crippen LogP contribution >= 0.6 is 0 Å². The van der Waals surface area contributed by atoms with Crippen molar-refractivity contribution in [1.82, 2.24) is 19.9 Å². The van der Waals surface area contributed by atoms with Gasteiger partial charge in [-0.3, -0.25) is 4.79 Å². The van der Waals surface area contributed by atoms with Gasteiger partial charge in [-0.05, 0) is 25.2 Å². The molecule has 0 spiro atoms. The van der Waals surface area contributed by atoms with E-state index < -0.39 is 12.0 Å². The van der Waals surface area contributed by atoms with E-state index in [-0.39, 0.29) is 18.5 Å². The van der Waals surface area contributed by atoms with Crippen LogP contribution in [0, 0.1) is 5.92 Å². The number of nitrogens with zero attached hydrogens (tertiary/aromatic N) is 4. The van der Waals surface area contributed by atoms with Crippen molar-refractivity contribution >= 4 is 11.9 Å². The highest BCUT2D eigenvalue weighted by molar-refractivity contribution is 5.84. The van der Waals surface area contributed by atoms with Crippen LogP contribution in [0.2, 0.25) is 0 Å². The molecular weight excluding hydrogens is 260 g/mol. The molecule has 1 N–H and O–H groups in total. The molecule has 7 heteroatoms. The number of hydrogen-bond acceptors (Lipinski definition) is 4. The maximum absolute atomic E-state index is 12.5. The molecule has 2 heterocycles. The standard InChI is InChI=1S/C13H18N4O3/c18-12(8-16-6-5-14-15-16)17-10-4-2-1-3-9(10)7-11(17)13(19)20/h5-6,9-11H,1-4,7-8H2,(H,19,20)/t9-,10+,11-/m0/s1. The Hall–Kier alpha value is -1.92. The number of carboxylic acids is 1. The Morgan fingerprint density at radius 1 is 1.30 bits per heavy atom. The Morgan fingerprint density at radius 2 is 2.10 bits per heavy atom. The second-order valence-electron chi connectivity index (χ2n) is 5.60. The first-order valence-corrected chi connectivity index (χ1v) is 7.05. The summed E-state index contributed by atoms with van der Waals surface area (Å²) >= 11 is 0. The smallest absolute Gasteiger partial charge is 0.326 e. The minimum atomic E-state index is -0.897. The summed E-state index contributed by atoms with van der Waals surface area (Å²) in [5.41, 5.74) is 0. The van der Waals surface area contributed by atoms with Crippen molar-refractivity contribution < 1.29 is 14.7 Å². The van der Waals surface area contributed by atoms with Crippen LogP contribution in [-0.2, 0) is 16.1 Å². The van der Waals surface area contributed by atoms with E-state index in [9.17, 15) is 14.7 Å². The molecule has 1 aliphatic carbocycles. The van der Waals surface area contributed by atoms with Crippen LogP contribution in [-0.4, -0.2) is 49.0 Å². The van der Waals surface area contributed by atoms with Crippen LogP contribution in [0.1, 0.15) is 32.1 Å². The predicted molar refractivity (Wildman–Crippen MR) is 68.7 cm³/mol. The van der Waals surface area contributed by atoms with Gasteiger partial charge in [0.2, 0.25) is 5.91 Å². The van der Waals surface area contributed by atoms with Gasteiger partial charge in [-0.2, -0.15) is 0 Å². The van der Waals surface area contributed by atoms with Crippen LogP contribution in [0.5, 0.6) is 0 Å². The SMILES string of the molecule is O=C(O)[C@@H]1C[C@@H]2CCCC[C@H]2N1C(=O)Cn1ccnn1. The summed E-state index contributed by atoms with van der Waals surface area (Å²) in [6.07, 6.45) is 7.86. The maximum atomic E-state index is 12.5. The number of hydrogen-bond donors (Lipinski definition) is 1. The summed E-state index contributed by atoms with van der Waals surface area (Å²) < 4.78 is 1.44. The van der Waals surface area contributed by atoms with E-state index in [1.54, 1.807) is 11.1 Å². The molecule has 1 aromatic rings. The Balaban J connectivity index is 1.79. The number of rotatable bonds is 3. The molecule has 0 radical (unpaired) electrons. The van der Waals surface area contributed by atoms with E-state index in [1.165, 1.54) is 10.9 Å². The van der Waals surface area contributed by atoms with Gasteiger partial charge in [-0.25, -0.2) is 9.48 Å². The molecule has 20 heavy (non-hydrogen) atoms. The summed E-state index contributed by atoms with van der Waals surface area (Å²) in [6.45, 7) is 0.0625. The lowest BCUT2D eigenvalue weighted by Gasteiger charge is -2.32. The van der Waals surface area contributed by atoms with Gasteiger partial charge in [0.25, 0.3) is 0 Å². The zero-order chi connectivity index (χ0) is 14.1. The van der Waals surface area contributed by atoms with Gasteiger partial charge < -0.3 is 10.0 Å². The highest BCUT2D eigenvalue weighted by atomic mass is 16.4. The zero-order valence-corrected chi connectivity index (χ0v) is 11.2. The number of carbonyl (C=O) groups excluding carboxylic acids is 1. The Bertz CT molecular complexity index is 502. The number of amides is 1. The fraction of sp³-hybridized carbons (Fsp3) is 0.692. The maximum Gasteiger partial charge on any atom is 0.326 e. The molecule has 1 aromatic heterocycles. The highest BCUT2D eigenvalue weighted by Gasteiger charge is 2.47. The molecule has 3 rings (SSSR count). The van der Waals surface area contributed by atoms with E-state index in [2.05, 4.69) is 10.3 Å². The minimum absolute atomic E-state index is 0.0625. The summed E-state index contributed by atoms with van der Waals surface area (Å²) in [5.74, 6) is -0.729. The molecule has 2 fully saturated rings. The quantitative estimate of drug-likeness (QED) is 0.871. The molecule has 0 unspecified atom stereocenters. The lowest BCUT2D eigenvalue weighted by atomic mass is 9.85. The van der Waals surface area contributed by atoms with Crippen molar-refractivity contribution in [3.63, 3.8) is 0 Å². The second-order valence-corrected chi connectivity index (χ2v) is 5.60. The fourth-order valence-electron chi connectivity index (χ4n) is 3.58. The minimum Gasteiger partial charge on any atom is -0.480 e. The summed E-state index contributed by atoms with van der Waals surface area (Å²) in [6, 6.07) is -0.597. The van der Waals surface area contributed by atoms with Crippen LogP contribution in [0.4, 0.5) is 0 Å². The highest BCUT2D eigenvalue weighted by Crippen LogP contribution is 2.39. The molecule has 7 nitrogen and oxygen atoms in total. The monoisotopic (exact) mass is 278 g/mol. The van der Waals surface area contributed by atoms with Crippen LogP contribution in [0.25, 0.3) is 0 Å². The first-order valence-electron chi connectivity index (χ1n) is 7.05. The van der Waals surface area contributed by atoms with Gasteiger partial charge in [0, 0.05) is 12.2 Å². The first-order chi connectivity index (χ1) is 9.66. The van der Waals surface area contributed by atoms with Crippen LogP contribution in [0.15, 0.2) is 12.4 Å². The van der Waals surface area contributed by atoms with Crippen molar-refractivity contribution in [3.8, 4) is 0 Å². The number of aromatic nitrogens is 3. The predicted octanol–water partition coefficient (Wildman–Crippen LogP) is 0.522. The first kappa shape index (κ1) is 13.1. The van der Waals surface area contributed by atoms with E-state index in [4.69, 9.17) is 0 Å². The topological polar surface area (TPSA) is 88.3 Å². The number of carboxylic acid groups (broad SMARTS) is 1. The normalized spacial score (nSPS) is 29.2. The molecular formula is C13H18N4O3. The molecule has 2 aliphatic rings. The molecule has 108 valence electrons. The van der Waals surface area contributed by atoms with Crippen molar-refractivity contribution in [3.05, 3.63) is 12.4 Å². The Kier molecular flexibility index (Phi) is 3.42. The molecule has 3 atom stereocenters. The van der Waals surface area contributed by atoms with Crippen molar-refractivity contribution in [2.75, 3.05) is 0 Å². The zero-order valence-electron chi connectivity index (χ0n) is 11.2. The average molecular weight is 278 g/mol. The lowest BCUT2D eigenvalue weighted by molar-refractivity contribution is -0.150. The molecule has 1 saturated carbocycles. The van der Waals surface area contributed by atoms with Crippen LogP contribution < -0.4 is 0 Å². The average Bonchev–Trinajstić information content (AvgIpc) is 3.04.